The van der Waals surface area contributed by atoms with Crippen LogP contribution in [0.1, 0.15) is 21.5 Å². The lowest BCUT2D eigenvalue weighted by Gasteiger charge is -2.06. The molecule has 146 valence electrons. The molecule has 6 heteroatoms. The van der Waals surface area contributed by atoms with Crippen LogP contribution in [0.2, 0.25) is 0 Å². The highest BCUT2D eigenvalue weighted by atomic mass is 19.1. The molecule has 0 saturated carbocycles. The lowest BCUT2D eigenvalue weighted by molar-refractivity contribution is 0.0951. The molecule has 0 aliphatic heterocycles. The van der Waals surface area contributed by atoms with Crippen molar-refractivity contribution in [2.45, 2.75) is 6.54 Å². The van der Waals surface area contributed by atoms with E-state index in [1.165, 1.54) is 12.1 Å². The van der Waals surface area contributed by atoms with Crippen molar-refractivity contribution < 1.29 is 9.18 Å². The van der Waals surface area contributed by atoms with Gasteiger partial charge in [0.05, 0.1) is 23.0 Å². The maximum Gasteiger partial charge on any atom is 0.251 e. The smallest absolute Gasteiger partial charge is 0.251 e. The zero-order chi connectivity index (χ0) is 20.9. The number of hydrogen-bond acceptors (Lipinski definition) is 3. The Morgan fingerprint density at radius 1 is 1.03 bits per heavy atom. The fraction of sp³-hybridized carbons (Fsp3) is 0.0417. The first-order chi connectivity index (χ1) is 14.6. The first-order valence-electron chi connectivity index (χ1n) is 9.32. The lowest BCUT2D eigenvalue weighted by Crippen LogP contribution is -2.22. The lowest BCUT2D eigenvalue weighted by atomic mass is 10.1. The summed E-state index contributed by atoms with van der Waals surface area (Å²) in [5, 5.41) is 16.6. The molecule has 30 heavy (non-hydrogen) atoms. The fourth-order valence-electron chi connectivity index (χ4n) is 3.11. The van der Waals surface area contributed by atoms with Gasteiger partial charge >= 0.3 is 0 Å². The Balaban J connectivity index is 1.64. The van der Waals surface area contributed by atoms with Crippen LogP contribution in [0.5, 0.6) is 0 Å². The van der Waals surface area contributed by atoms with Crippen LogP contribution in [0.3, 0.4) is 0 Å². The highest BCUT2D eigenvalue weighted by Gasteiger charge is 2.14. The standard InChI is InChI=1S/C24H17FN4O/c25-21-11-9-18(10-12-21)23-20(16-29(28-23)22-7-2-1-3-8-22)15-27-24(30)19-6-4-5-17(13-19)14-26/h1-13,16H,15H2,(H,27,30). The van der Waals surface area contributed by atoms with Crippen LogP contribution in [0.25, 0.3) is 16.9 Å². The number of para-hydroxylation sites is 1. The maximum absolute atomic E-state index is 13.4. The van der Waals surface area contributed by atoms with Gasteiger partial charge in [0.25, 0.3) is 5.91 Å². The molecule has 1 aromatic heterocycles. The second-order valence-electron chi connectivity index (χ2n) is 6.67. The number of carbonyl (C=O) groups is 1. The van der Waals surface area contributed by atoms with E-state index in [-0.39, 0.29) is 18.3 Å². The van der Waals surface area contributed by atoms with Gasteiger partial charge < -0.3 is 5.32 Å². The molecular formula is C24H17FN4O. The first-order valence-corrected chi connectivity index (χ1v) is 9.32. The second-order valence-corrected chi connectivity index (χ2v) is 6.67. The van der Waals surface area contributed by atoms with Crippen LogP contribution >= 0.6 is 0 Å². The molecule has 4 rings (SSSR count). The van der Waals surface area contributed by atoms with Gasteiger partial charge in [0, 0.05) is 29.4 Å². The van der Waals surface area contributed by atoms with Crippen molar-refractivity contribution in [3.05, 3.63) is 108 Å². The molecule has 3 aromatic carbocycles. The quantitative estimate of drug-likeness (QED) is 0.541. The summed E-state index contributed by atoms with van der Waals surface area (Å²) in [6, 6.07) is 24.2. The third kappa shape index (κ3) is 4.10. The molecule has 0 radical (unpaired) electrons. The normalized spacial score (nSPS) is 10.4. The predicted octanol–water partition coefficient (Wildman–Crippen LogP) is 4.48. The van der Waals surface area contributed by atoms with Crippen molar-refractivity contribution in [3.63, 3.8) is 0 Å². The van der Waals surface area contributed by atoms with Gasteiger partial charge in [-0.25, -0.2) is 9.07 Å². The van der Waals surface area contributed by atoms with Crippen molar-refractivity contribution in [2.75, 3.05) is 0 Å². The number of nitriles is 1. The maximum atomic E-state index is 13.4. The van der Waals surface area contributed by atoms with Gasteiger partial charge in [0.1, 0.15) is 5.82 Å². The average molecular weight is 396 g/mol. The largest absolute Gasteiger partial charge is 0.348 e. The van der Waals surface area contributed by atoms with Crippen molar-refractivity contribution in [1.82, 2.24) is 15.1 Å². The SMILES string of the molecule is N#Cc1cccc(C(=O)NCc2cn(-c3ccccc3)nc2-c2ccc(F)cc2)c1. The molecule has 0 aliphatic carbocycles. The van der Waals surface area contributed by atoms with Crippen LogP contribution in [-0.4, -0.2) is 15.7 Å². The summed E-state index contributed by atoms with van der Waals surface area (Å²) in [5.74, 6) is -0.613. The molecule has 0 spiro atoms. The molecule has 1 N–H and O–H groups in total. The zero-order valence-corrected chi connectivity index (χ0v) is 15.9. The molecule has 5 nitrogen and oxygen atoms in total. The summed E-state index contributed by atoms with van der Waals surface area (Å²) in [7, 11) is 0. The molecular weight excluding hydrogens is 379 g/mol. The average Bonchev–Trinajstić information content (AvgIpc) is 3.23. The molecule has 0 aliphatic rings. The van der Waals surface area contributed by atoms with Crippen molar-refractivity contribution in [1.29, 1.82) is 5.26 Å². The minimum Gasteiger partial charge on any atom is -0.348 e. The fourth-order valence-corrected chi connectivity index (χ4v) is 3.11. The highest BCUT2D eigenvalue weighted by Crippen LogP contribution is 2.24. The Morgan fingerprint density at radius 2 is 1.80 bits per heavy atom. The monoisotopic (exact) mass is 396 g/mol. The summed E-state index contributed by atoms with van der Waals surface area (Å²) in [6.07, 6.45) is 1.85. The first kappa shape index (κ1) is 19.1. The van der Waals surface area contributed by atoms with Gasteiger partial charge in [-0.05, 0) is 54.6 Å². The van der Waals surface area contributed by atoms with Crippen molar-refractivity contribution in [2.24, 2.45) is 0 Å². The summed E-state index contributed by atoms with van der Waals surface area (Å²) in [4.78, 5) is 12.6. The highest BCUT2D eigenvalue weighted by molar-refractivity contribution is 5.94. The summed E-state index contributed by atoms with van der Waals surface area (Å²) in [6.45, 7) is 0.231. The number of nitrogens with one attached hydrogen (secondary N) is 1. The summed E-state index contributed by atoms with van der Waals surface area (Å²) < 4.78 is 15.1. The van der Waals surface area contributed by atoms with Crippen molar-refractivity contribution >= 4 is 5.91 Å². The Bertz CT molecular complexity index is 1220. The minimum absolute atomic E-state index is 0.231. The van der Waals surface area contributed by atoms with E-state index in [2.05, 4.69) is 10.4 Å². The number of amides is 1. The van der Waals surface area contributed by atoms with Gasteiger partial charge in [-0.1, -0.05) is 24.3 Å². The predicted molar refractivity (Wildman–Crippen MR) is 111 cm³/mol. The van der Waals surface area contributed by atoms with Crippen molar-refractivity contribution in [3.8, 4) is 23.0 Å². The van der Waals surface area contributed by atoms with Gasteiger partial charge in [-0.15, -0.1) is 0 Å². The molecule has 0 atom stereocenters. The number of rotatable bonds is 5. The molecule has 0 saturated heterocycles. The van der Waals surface area contributed by atoms with E-state index in [1.807, 2.05) is 42.6 Å². The Kier molecular flexibility index (Phi) is 5.35. The topological polar surface area (TPSA) is 70.7 Å². The third-order valence-electron chi connectivity index (χ3n) is 4.62. The van der Waals surface area contributed by atoms with E-state index < -0.39 is 0 Å². The van der Waals surface area contributed by atoms with E-state index in [9.17, 15) is 9.18 Å². The Labute approximate surface area is 173 Å². The van der Waals surface area contributed by atoms with E-state index in [0.29, 0.717) is 16.8 Å². The van der Waals surface area contributed by atoms with Crippen LogP contribution in [-0.2, 0) is 6.54 Å². The van der Waals surface area contributed by atoms with Gasteiger partial charge in [-0.2, -0.15) is 10.4 Å². The van der Waals surface area contributed by atoms with Crippen LogP contribution in [0.15, 0.2) is 85.1 Å². The van der Waals surface area contributed by atoms with Gasteiger partial charge in [-0.3, -0.25) is 4.79 Å². The number of nitrogens with zero attached hydrogens (tertiary/aromatic N) is 3. The third-order valence-corrected chi connectivity index (χ3v) is 4.62. The number of halogens is 1. The van der Waals surface area contributed by atoms with E-state index in [4.69, 9.17) is 5.26 Å². The molecule has 1 amide bonds. The molecule has 4 aromatic rings. The number of hydrogen-bond donors (Lipinski definition) is 1. The zero-order valence-electron chi connectivity index (χ0n) is 15.9. The van der Waals surface area contributed by atoms with Gasteiger partial charge in [0.2, 0.25) is 0 Å². The molecule has 0 unspecified atom stereocenters. The molecule has 0 bridgehead atoms. The minimum atomic E-state index is -0.325. The van der Waals surface area contributed by atoms with E-state index in [0.717, 1.165) is 16.8 Å². The molecule has 0 fully saturated rings. The Hall–Kier alpha value is -4.24. The van der Waals surface area contributed by atoms with E-state index in [1.54, 1.807) is 41.1 Å². The number of aromatic nitrogens is 2. The van der Waals surface area contributed by atoms with Crippen LogP contribution in [0.4, 0.5) is 4.39 Å². The number of carbonyl (C=O) groups excluding carboxylic acids is 1. The molecule has 1 heterocycles. The number of benzene rings is 3. The second kappa shape index (κ2) is 8.41. The van der Waals surface area contributed by atoms with Crippen LogP contribution in [0, 0.1) is 17.1 Å². The summed E-state index contributed by atoms with van der Waals surface area (Å²) in [5.41, 5.74) is 3.90. The van der Waals surface area contributed by atoms with E-state index >= 15 is 0 Å². The van der Waals surface area contributed by atoms with Gasteiger partial charge in [0.15, 0.2) is 0 Å². The van der Waals surface area contributed by atoms with Crippen LogP contribution < -0.4 is 5.32 Å². The Morgan fingerprint density at radius 3 is 2.53 bits per heavy atom. The summed E-state index contributed by atoms with van der Waals surface area (Å²) >= 11 is 0.